The van der Waals surface area contributed by atoms with Gasteiger partial charge in [-0.2, -0.15) is 0 Å². The van der Waals surface area contributed by atoms with Crippen molar-refractivity contribution in [3.63, 3.8) is 0 Å². The molecule has 21 heavy (non-hydrogen) atoms. The molecule has 2 rings (SSSR count). The third-order valence-electron chi connectivity index (χ3n) is 3.93. The third kappa shape index (κ3) is 3.51. The van der Waals surface area contributed by atoms with Crippen LogP contribution in [0.5, 0.6) is 5.75 Å². The first kappa shape index (κ1) is 16.5. The van der Waals surface area contributed by atoms with Crippen LogP contribution in [0.15, 0.2) is 17.0 Å². The van der Waals surface area contributed by atoms with Gasteiger partial charge in [0.25, 0.3) is 0 Å². The number of aliphatic hydroxyl groups excluding tert-OH is 1. The summed E-state index contributed by atoms with van der Waals surface area (Å²) < 4.78 is 33.1. The minimum atomic E-state index is -3.75. The van der Waals surface area contributed by atoms with Crippen LogP contribution in [-0.2, 0) is 16.6 Å². The lowest BCUT2D eigenvalue weighted by molar-refractivity contribution is 0.272. The summed E-state index contributed by atoms with van der Waals surface area (Å²) in [6.45, 7) is 1.70. The van der Waals surface area contributed by atoms with Gasteiger partial charge in [0, 0.05) is 16.6 Å². The van der Waals surface area contributed by atoms with E-state index in [0.29, 0.717) is 11.5 Å². The van der Waals surface area contributed by atoms with Crippen LogP contribution in [-0.4, -0.2) is 26.7 Å². The summed E-state index contributed by atoms with van der Waals surface area (Å²) in [7, 11) is -2.37. The average molecular weight is 334 g/mol. The molecule has 118 valence electrons. The van der Waals surface area contributed by atoms with Gasteiger partial charge >= 0.3 is 0 Å². The second-order valence-corrected chi connectivity index (χ2v) is 7.51. The Morgan fingerprint density at radius 3 is 2.67 bits per heavy atom. The van der Waals surface area contributed by atoms with E-state index in [4.69, 9.17) is 16.3 Å². The lowest BCUT2D eigenvalue weighted by Crippen LogP contribution is -2.36. The zero-order valence-corrected chi connectivity index (χ0v) is 13.7. The molecule has 0 amide bonds. The van der Waals surface area contributed by atoms with Gasteiger partial charge in [-0.3, -0.25) is 0 Å². The van der Waals surface area contributed by atoms with Crippen molar-refractivity contribution in [1.29, 1.82) is 0 Å². The molecule has 7 heteroatoms. The quantitative estimate of drug-likeness (QED) is 0.867. The average Bonchev–Trinajstić information content (AvgIpc) is 2.82. The Bertz CT molecular complexity index is 618. The highest BCUT2D eigenvalue weighted by Crippen LogP contribution is 2.33. The largest absolute Gasteiger partial charge is 0.495 e. The molecule has 1 aliphatic rings. The third-order valence-corrected chi connectivity index (χ3v) is 5.64. The van der Waals surface area contributed by atoms with Crippen LogP contribution in [0.3, 0.4) is 0 Å². The second-order valence-electron chi connectivity index (χ2n) is 5.39. The number of hydrogen-bond acceptors (Lipinski definition) is 4. The van der Waals surface area contributed by atoms with Gasteiger partial charge in [-0.15, -0.1) is 0 Å². The van der Waals surface area contributed by atoms with Gasteiger partial charge in [-0.25, -0.2) is 13.1 Å². The topological polar surface area (TPSA) is 75.6 Å². The fourth-order valence-corrected chi connectivity index (χ4v) is 4.68. The maximum Gasteiger partial charge on any atom is 0.244 e. The Labute approximate surface area is 130 Å². The molecule has 0 radical (unpaired) electrons. The van der Waals surface area contributed by atoms with E-state index in [9.17, 15) is 13.5 Å². The molecule has 1 fully saturated rings. The summed E-state index contributed by atoms with van der Waals surface area (Å²) in [5, 5.41) is 9.59. The van der Waals surface area contributed by atoms with Crippen LogP contribution < -0.4 is 9.46 Å². The van der Waals surface area contributed by atoms with E-state index in [1.54, 1.807) is 0 Å². The van der Waals surface area contributed by atoms with Crippen molar-refractivity contribution in [2.75, 3.05) is 7.11 Å². The molecule has 1 aromatic carbocycles. The number of nitrogens with one attached hydrogen (secondary N) is 1. The normalized spacial score (nSPS) is 22.5. The van der Waals surface area contributed by atoms with Gasteiger partial charge in [-0.05, 0) is 30.9 Å². The molecular formula is C14H20ClNO4S. The Morgan fingerprint density at radius 2 is 2.14 bits per heavy atom. The molecule has 1 aromatic rings. The Morgan fingerprint density at radius 1 is 1.43 bits per heavy atom. The molecule has 0 spiro atoms. The molecule has 0 heterocycles. The van der Waals surface area contributed by atoms with Crippen molar-refractivity contribution in [3.8, 4) is 5.75 Å². The van der Waals surface area contributed by atoms with E-state index < -0.39 is 10.0 Å². The number of aliphatic hydroxyl groups is 1. The van der Waals surface area contributed by atoms with Gasteiger partial charge in [0.15, 0.2) is 0 Å². The predicted octanol–water partition coefficient (Wildman–Crippen LogP) is 2.31. The van der Waals surface area contributed by atoms with Gasteiger partial charge < -0.3 is 9.84 Å². The number of rotatable bonds is 5. The highest BCUT2D eigenvalue weighted by atomic mass is 35.5. The van der Waals surface area contributed by atoms with Gasteiger partial charge in [-0.1, -0.05) is 24.9 Å². The maximum atomic E-state index is 12.6. The van der Waals surface area contributed by atoms with E-state index in [0.717, 1.165) is 19.3 Å². The zero-order valence-electron chi connectivity index (χ0n) is 12.1. The molecule has 0 aromatic heterocycles. The zero-order chi connectivity index (χ0) is 15.6. The van der Waals surface area contributed by atoms with Crippen LogP contribution in [0, 0.1) is 5.92 Å². The highest BCUT2D eigenvalue weighted by Gasteiger charge is 2.30. The van der Waals surface area contributed by atoms with Crippen molar-refractivity contribution < 1.29 is 18.3 Å². The number of methoxy groups -OCH3 is 1. The highest BCUT2D eigenvalue weighted by molar-refractivity contribution is 7.89. The van der Waals surface area contributed by atoms with Crippen LogP contribution in [0.2, 0.25) is 5.02 Å². The Hall–Kier alpha value is -0.820. The monoisotopic (exact) mass is 333 g/mol. The fraction of sp³-hybridized carbons (Fsp3) is 0.571. The minimum absolute atomic E-state index is 0.0272. The molecule has 1 aliphatic carbocycles. The molecular weight excluding hydrogens is 314 g/mol. The number of benzene rings is 1. The van der Waals surface area contributed by atoms with E-state index in [-0.39, 0.29) is 28.3 Å². The van der Waals surface area contributed by atoms with Gasteiger partial charge in [0.05, 0.1) is 13.7 Å². The van der Waals surface area contributed by atoms with Crippen LogP contribution in [0.25, 0.3) is 0 Å². The van der Waals surface area contributed by atoms with Crippen molar-refractivity contribution in [3.05, 3.63) is 22.7 Å². The maximum absolute atomic E-state index is 12.6. The van der Waals surface area contributed by atoms with Crippen molar-refractivity contribution in [1.82, 2.24) is 4.72 Å². The van der Waals surface area contributed by atoms with Gasteiger partial charge in [0.2, 0.25) is 10.0 Å². The lowest BCUT2D eigenvalue weighted by atomic mass is 10.1. The molecule has 1 saturated carbocycles. The first-order chi connectivity index (χ1) is 9.89. The standard InChI is InChI=1S/C14H20ClNO4S/c1-9-4-3-5-12(9)16-21(18,19)13-7-11(15)6-10(8-17)14(13)20-2/h6-7,9,12,16-17H,3-5,8H2,1-2H3. The first-order valence-electron chi connectivity index (χ1n) is 6.88. The summed E-state index contributed by atoms with van der Waals surface area (Å²) in [6.07, 6.45) is 2.86. The summed E-state index contributed by atoms with van der Waals surface area (Å²) in [4.78, 5) is -0.0272. The van der Waals surface area contributed by atoms with Crippen LogP contribution in [0.4, 0.5) is 0 Å². The summed E-state index contributed by atoms with van der Waals surface area (Å²) >= 11 is 5.95. The molecule has 2 atom stereocenters. The Kier molecular flexibility index (Phi) is 5.14. The molecule has 0 bridgehead atoms. The molecule has 0 aliphatic heterocycles. The van der Waals surface area contributed by atoms with E-state index in [1.165, 1.54) is 19.2 Å². The molecule has 5 nitrogen and oxygen atoms in total. The van der Waals surface area contributed by atoms with E-state index >= 15 is 0 Å². The molecule has 0 saturated heterocycles. The number of ether oxygens (including phenoxy) is 1. The number of halogens is 1. The van der Waals surface area contributed by atoms with Gasteiger partial charge in [0.1, 0.15) is 10.6 Å². The SMILES string of the molecule is COc1c(CO)cc(Cl)cc1S(=O)(=O)NC1CCCC1C. The number of hydrogen-bond donors (Lipinski definition) is 2. The summed E-state index contributed by atoms with van der Waals surface area (Å²) in [5.41, 5.74) is 0.352. The van der Waals surface area contributed by atoms with E-state index in [2.05, 4.69) is 4.72 Å². The smallest absolute Gasteiger partial charge is 0.244 e. The van der Waals surface area contributed by atoms with Crippen molar-refractivity contribution in [2.45, 2.75) is 43.7 Å². The van der Waals surface area contributed by atoms with Crippen molar-refractivity contribution in [2.24, 2.45) is 5.92 Å². The fourth-order valence-electron chi connectivity index (χ4n) is 2.75. The van der Waals surface area contributed by atoms with E-state index in [1.807, 2.05) is 6.92 Å². The summed E-state index contributed by atoms with van der Waals surface area (Å²) in [5.74, 6) is 0.447. The molecule has 2 unspecified atom stereocenters. The second kappa shape index (κ2) is 6.52. The first-order valence-corrected chi connectivity index (χ1v) is 8.74. The number of sulfonamides is 1. The van der Waals surface area contributed by atoms with Crippen LogP contribution >= 0.6 is 11.6 Å². The molecule has 2 N–H and O–H groups in total. The predicted molar refractivity (Wildman–Crippen MR) is 81.1 cm³/mol. The van der Waals surface area contributed by atoms with Crippen molar-refractivity contribution >= 4 is 21.6 Å². The summed E-state index contributed by atoms with van der Waals surface area (Å²) in [6, 6.07) is 2.77. The van der Waals surface area contributed by atoms with Crippen LogP contribution in [0.1, 0.15) is 31.7 Å². The lowest BCUT2D eigenvalue weighted by Gasteiger charge is -2.19. The minimum Gasteiger partial charge on any atom is -0.495 e. The Balaban J connectivity index is 2.41.